The van der Waals surface area contributed by atoms with Gasteiger partial charge in [-0.05, 0) is 25.7 Å². The average Bonchev–Trinajstić information content (AvgIpc) is 2.29. The predicted octanol–water partition coefficient (Wildman–Crippen LogP) is 3.79. The third kappa shape index (κ3) is 19.7. The molecule has 0 radical (unpaired) electrons. The molecule has 4 nitrogen and oxygen atoms in total. The Morgan fingerprint density at radius 2 is 0.895 bits per heavy atom. The number of aliphatic hydroxyl groups is 2. The number of halogens is 4. The molecule has 2 rings (SSSR count). The zero-order valence-electron chi connectivity index (χ0n) is 10.4. The van der Waals surface area contributed by atoms with Gasteiger partial charge in [0.15, 0.2) is 0 Å². The summed E-state index contributed by atoms with van der Waals surface area (Å²) in [5.74, 6) is 0. The van der Waals surface area contributed by atoms with E-state index in [1.54, 1.807) is 0 Å². The SMILES string of the molecule is OC1CC[N-]CC1.OC1CC[N-]CC1.[Cl][Pt+2]([Cl])([Cl])[Cl]. The molecule has 0 atom stereocenters. The fourth-order valence-corrected chi connectivity index (χ4v) is 1.47. The Morgan fingerprint density at radius 1 is 0.684 bits per heavy atom. The van der Waals surface area contributed by atoms with Crippen molar-refractivity contribution in [1.29, 1.82) is 0 Å². The zero-order chi connectivity index (χ0) is 14.7. The Hall–Kier alpha value is 1.69. The van der Waals surface area contributed by atoms with Gasteiger partial charge in [0, 0.05) is 0 Å². The Labute approximate surface area is 134 Å². The topological polar surface area (TPSA) is 68.7 Å². The van der Waals surface area contributed by atoms with Crippen LogP contribution >= 0.6 is 37.7 Å². The van der Waals surface area contributed by atoms with E-state index in [1.807, 2.05) is 0 Å². The van der Waals surface area contributed by atoms with Gasteiger partial charge in [0.2, 0.25) is 0 Å². The number of nitrogens with zero attached hydrogens (tertiary/aromatic N) is 2. The summed E-state index contributed by atoms with van der Waals surface area (Å²) in [6, 6.07) is 0. The number of hydrogen-bond donors (Lipinski definition) is 2. The van der Waals surface area contributed by atoms with Crippen LogP contribution in [0.5, 0.6) is 0 Å². The summed E-state index contributed by atoms with van der Waals surface area (Å²) in [7, 11) is 20.0. The van der Waals surface area contributed by atoms with E-state index in [-0.39, 0.29) is 12.2 Å². The second-order valence-electron chi connectivity index (χ2n) is 4.08. The van der Waals surface area contributed by atoms with Crippen LogP contribution in [0, 0.1) is 0 Å². The molecule has 0 amide bonds. The molecule has 0 unspecified atom stereocenters. The molecule has 2 fully saturated rings. The van der Waals surface area contributed by atoms with Crippen LogP contribution in [0.4, 0.5) is 0 Å². The molecule has 2 N–H and O–H groups in total. The van der Waals surface area contributed by atoms with Crippen LogP contribution in [-0.2, 0) is 11.9 Å². The molecule has 0 spiro atoms. The Morgan fingerprint density at radius 3 is 1.00 bits per heavy atom. The molecule has 0 bridgehead atoms. The predicted molar refractivity (Wildman–Crippen MR) is 80.1 cm³/mol. The Kier molecular flexibility index (Phi) is 13.3. The van der Waals surface area contributed by atoms with Gasteiger partial charge in [0.05, 0.1) is 12.2 Å². The van der Waals surface area contributed by atoms with E-state index < -0.39 is 11.9 Å². The number of rotatable bonds is 0. The first kappa shape index (κ1) is 20.7. The first-order valence-corrected chi connectivity index (χ1v) is 17.2. The van der Waals surface area contributed by atoms with E-state index in [1.165, 1.54) is 0 Å². The van der Waals surface area contributed by atoms with Crippen molar-refractivity contribution in [2.24, 2.45) is 0 Å². The van der Waals surface area contributed by atoms with Gasteiger partial charge in [-0.25, -0.2) is 0 Å². The number of hydrogen-bond acceptors (Lipinski definition) is 2. The maximum absolute atomic E-state index is 8.85. The van der Waals surface area contributed by atoms with Crippen LogP contribution in [-0.4, -0.2) is 48.6 Å². The Bertz CT molecular complexity index is 188. The standard InChI is InChI=1S/2C5H10NO.4ClH.Pt/c2*7-5-1-3-6-4-2-5;;;;;/h2*5,7H,1-4H2;4*1H;/q2*-1;;;;;+6/p-4. The maximum atomic E-state index is 8.85. The van der Waals surface area contributed by atoms with Crippen molar-refractivity contribution in [1.82, 2.24) is 0 Å². The summed E-state index contributed by atoms with van der Waals surface area (Å²) in [5.41, 5.74) is 0. The van der Waals surface area contributed by atoms with E-state index in [9.17, 15) is 0 Å². The molecular formula is C10H20Cl4N2O2Pt. The first-order valence-electron chi connectivity index (χ1n) is 5.89. The monoisotopic (exact) mass is 535 g/mol. The van der Waals surface area contributed by atoms with Crippen LogP contribution in [0.15, 0.2) is 0 Å². The molecule has 0 aromatic rings. The molecule has 0 aromatic heterocycles. The first-order chi connectivity index (χ1) is 8.79. The summed E-state index contributed by atoms with van der Waals surface area (Å²) in [5, 5.41) is 25.8. The van der Waals surface area contributed by atoms with E-state index in [0.717, 1.165) is 51.9 Å². The number of aliphatic hydroxyl groups excluding tert-OH is 2. The van der Waals surface area contributed by atoms with E-state index in [2.05, 4.69) is 10.6 Å². The summed E-state index contributed by atoms with van der Waals surface area (Å²) in [6.07, 6.45) is 3.38. The van der Waals surface area contributed by atoms with Crippen LogP contribution in [0.25, 0.3) is 10.6 Å². The van der Waals surface area contributed by atoms with Crippen LogP contribution in [0.3, 0.4) is 0 Å². The van der Waals surface area contributed by atoms with E-state index in [0.29, 0.717) is 0 Å². The molecule has 0 aromatic carbocycles. The summed E-state index contributed by atoms with van der Waals surface area (Å²) in [4.78, 5) is 0. The summed E-state index contributed by atoms with van der Waals surface area (Å²) in [6.45, 7) is 3.45. The molecule has 19 heavy (non-hydrogen) atoms. The number of piperidine rings is 2. The van der Waals surface area contributed by atoms with Gasteiger partial charge in [0.1, 0.15) is 0 Å². The van der Waals surface area contributed by atoms with E-state index in [4.69, 9.17) is 47.9 Å². The van der Waals surface area contributed by atoms with Gasteiger partial charge in [0.25, 0.3) is 0 Å². The van der Waals surface area contributed by atoms with Crippen molar-refractivity contribution in [3.05, 3.63) is 10.6 Å². The molecule has 120 valence electrons. The van der Waals surface area contributed by atoms with Crippen LogP contribution in [0.1, 0.15) is 25.7 Å². The van der Waals surface area contributed by atoms with Gasteiger partial charge >= 0.3 is 49.6 Å². The van der Waals surface area contributed by atoms with Crippen molar-refractivity contribution < 1.29 is 22.1 Å². The quantitative estimate of drug-likeness (QED) is 0.494. The molecule has 2 aliphatic heterocycles. The van der Waals surface area contributed by atoms with Crippen molar-refractivity contribution in [3.8, 4) is 0 Å². The minimum atomic E-state index is -3.06. The molecule has 0 aliphatic carbocycles. The molecule has 9 heteroatoms. The van der Waals surface area contributed by atoms with E-state index >= 15 is 0 Å². The van der Waals surface area contributed by atoms with Crippen LogP contribution < -0.4 is 0 Å². The van der Waals surface area contributed by atoms with Crippen molar-refractivity contribution in [2.75, 3.05) is 26.2 Å². The van der Waals surface area contributed by atoms with Crippen molar-refractivity contribution in [2.45, 2.75) is 37.9 Å². The van der Waals surface area contributed by atoms with Crippen molar-refractivity contribution >= 4 is 37.7 Å². The molecule has 2 heterocycles. The third-order valence-corrected chi connectivity index (χ3v) is 2.48. The van der Waals surface area contributed by atoms with Crippen LogP contribution in [0.2, 0.25) is 0 Å². The normalized spacial score (nSPS) is 22.6. The molecule has 2 saturated heterocycles. The van der Waals surface area contributed by atoms with Gasteiger partial charge in [-0.15, -0.1) is 26.2 Å². The zero-order valence-corrected chi connectivity index (χ0v) is 15.7. The average molecular weight is 537 g/mol. The summed E-state index contributed by atoms with van der Waals surface area (Å²) < 4.78 is 0. The minimum absolute atomic E-state index is 0.0579. The second kappa shape index (κ2) is 12.3. The van der Waals surface area contributed by atoms with Gasteiger partial charge < -0.3 is 20.8 Å². The molecule has 2 aliphatic rings. The summed E-state index contributed by atoms with van der Waals surface area (Å²) >= 11 is -3.06. The van der Waals surface area contributed by atoms with Gasteiger partial charge in [-0.3, -0.25) is 0 Å². The van der Waals surface area contributed by atoms with Crippen molar-refractivity contribution in [3.63, 3.8) is 0 Å². The Balaban J connectivity index is 0.000000261. The van der Waals surface area contributed by atoms with Gasteiger partial charge in [-0.1, -0.05) is 0 Å². The fraction of sp³-hybridized carbons (Fsp3) is 1.00. The molecular weight excluding hydrogens is 517 g/mol. The second-order valence-corrected chi connectivity index (χ2v) is 23.8. The fourth-order valence-electron chi connectivity index (χ4n) is 1.47. The van der Waals surface area contributed by atoms with Gasteiger partial charge in [-0.2, -0.15) is 0 Å². The third-order valence-electron chi connectivity index (χ3n) is 2.48. The molecule has 0 saturated carbocycles.